The standard InChI is InChI=1S/C10H8F4O/c11-8-5-1-3-7(4-2-6-15)9(8)10(12,13)14/h1,3,5-6H,2,4H2. The summed E-state index contributed by atoms with van der Waals surface area (Å²) in [6.45, 7) is 0. The van der Waals surface area contributed by atoms with Gasteiger partial charge in [-0.1, -0.05) is 12.1 Å². The Kier molecular flexibility index (Phi) is 3.44. The number of benzene rings is 1. The van der Waals surface area contributed by atoms with Crippen LogP contribution in [0.1, 0.15) is 17.5 Å². The molecule has 1 nitrogen and oxygen atoms in total. The Morgan fingerprint density at radius 1 is 1.27 bits per heavy atom. The number of alkyl halides is 3. The van der Waals surface area contributed by atoms with Crippen molar-refractivity contribution in [1.29, 1.82) is 0 Å². The van der Waals surface area contributed by atoms with Crippen LogP contribution in [0.2, 0.25) is 0 Å². The van der Waals surface area contributed by atoms with Gasteiger partial charge in [0.15, 0.2) is 0 Å². The third kappa shape index (κ3) is 2.78. The van der Waals surface area contributed by atoms with Crippen molar-refractivity contribution in [2.75, 3.05) is 0 Å². The van der Waals surface area contributed by atoms with E-state index < -0.39 is 17.6 Å². The van der Waals surface area contributed by atoms with Crippen LogP contribution in [0.25, 0.3) is 0 Å². The average Bonchev–Trinajstić information content (AvgIpc) is 2.12. The number of hydrogen-bond acceptors (Lipinski definition) is 1. The number of aldehydes is 1. The lowest BCUT2D eigenvalue weighted by atomic mass is 10.0. The summed E-state index contributed by atoms with van der Waals surface area (Å²) in [5.74, 6) is -1.30. The molecule has 0 heterocycles. The lowest BCUT2D eigenvalue weighted by molar-refractivity contribution is -0.140. The monoisotopic (exact) mass is 220 g/mol. The van der Waals surface area contributed by atoms with Crippen LogP contribution in [0.5, 0.6) is 0 Å². The van der Waals surface area contributed by atoms with Gasteiger partial charge in [-0.2, -0.15) is 13.2 Å². The first-order valence-corrected chi connectivity index (χ1v) is 4.25. The molecule has 1 aromatic carbocycles. The van der Waals surface area contributed by atoms with E-state index in [2.05, 4.69) is 0 Å². The van der Waals surface area contributed by atoms with Crippen LogP contribution in [0.3, 0.4) is 0 Å². The molecule has 0 aromatic heterocycles. The second kappa shape index (κ2) is 4.42. The Bertz CT molecular complexity index is 357. The largest absolute Gasteiger partial charge is 0.419 e. The van der Waals surface area contributed by atoms with E-state index >= 15 is 0 Å². The van der Waals surface area contributed by atoms with Crippen LogP contribution in [0, 0.1) is 5.82 Å². The zero-order valence-electron chi connectivity index (χ0n) is 7.64. The van der Waals surface area contributed by atoms with E-state index in [9.17, 15) is 22.4 Å². The van der Waals surface area contributed by atoms with Crippen LogP contribution < -0.4 is 0 Å². The summed E-state index contributed by atoms with van der Waals surface area (Å²) in [6.07, 6.45) is -4.36. The predicted molar refractivity (Wildman–Crippen MR) is 45.8 cm³/mol. The lowest BCUT2D eigenvalue weighted by Gasteiger charge is -2.12. The number of aryl methyl sites for hydroxylation is 1. The van der Waals surface area contributed by atoms with E-state index in [4.69, 9.17) is 0 Å². The Morgan fingerprint density at radius 2 is 1.93 bits per heavy atom. The van der Waals surface area contributed by atoms with Crippen molar-refractivity contribution in [3.8, 4) is 0 Å². The van der Waals surface area contributed by atoms with Gasteiger partial charge in [0.2, 0.25) is 0 Å². The quantitative estimate of drug-likeness (QED) is 0.565. The SMILES string of the molecule is O=CCCc1cccc(F)c1C(F)(F)F. The molecule has 82 valence electrons. The molecule has 0 bridgehead atoms. The van der Waals surface area contributed by atoms with Gasteiger partial charge in [-0.25, -0.2) is 4.39 Å². The molecular formula is C10H8F4O. The van der Waals surface area contributed by atoms with Gasteiger partial charge >= 0.3 is 6.18 Å². The van der Waals surface area contributed by atoms with Crippen molar-refractivity contribution in [3.63, 3.8) is 0 Å². The molecule has 0 saturated carbocycles. The maximum atomic E-state index is 13.0. The van der Waals surface area contributed by atoms with E-state index in [1.54, 1.807) is 0 Å². The molecule has 0 unspecified atom stereocenters. The highest BCUT2D eigenvalue weighted by Gasteiger charge is 2.36. The minimum Gasteiger partial charge on any atom is -0.303 e. The minimum atomic E-state index is -4.72. The molecule has 0 amide bonds. The fourth-order valence-corrected chi connectivity index (χ4v) is 1.31. The number of rotatable bonds is 3. The smallest absolute Gasteiger partial charge is 0.303 e. The van der Waals surface area contributed by atoms with Crippen molar-refractivity contribution in [2.24, 2.45) is 0 Å². The second-order valence-electron chi connectivity index (χ2n) is 2.98. The van der Waals surface area contributed by atoms with Crippen LogP contribution >= 0.6 is 0 Å². The summed E-state index contributed by atoms with van der Waals surface area (Å²) in [5, 5.41) is 0. The Morgan fingerprint density at radius 3 is 2.47 bits per heavy atom. The van der Waals surface area contributed by atoms with Crippen molar-refractivity contribution in [1.82, 2.24) is 0 Å². The fraction of sp³-hybridized carbons (Fsp3) is 0.300. The van der Waals surface area contributed by atoms with Gasteiger partial charge in [-0.15, -0.1) is 0 Å². The van der Waals surface area contributed by atoms with E-state index in [1.165, 1.54) is 12.1 Å². The van der Waals surface area contributed by atoms with Crippen LogP contribution in [0.4, 0.5) is 17.6 Å². The molecule has 0 spiro atoms. The molecule has 0 atom stereocenters. The molecule has 1 aromatic rings. The van der Waals surface area contributed by atoms with Gasteiger partial charge in [-0.05, 0) is 18.1 Å². The number of carbonyl (C=O) groups is 1. The van der Waals surface area contributed by atoms with Gasteiger partial charge in [0.25, 0.3) is 0 Å². The fourth-order valence-electron chi connectivity index (χ4n) is 1.31. The summed E-state index contributed by atoms with van der Waals surface area (Å²) < 4.78 is 50.2. The molecule has 0 saturated heterocycles. The minimum absolute atomic E-state index is 0.0491. The van der Waals surface area contributed by atoms with Crippen molar-refractivity contribution < 1.29 is 22.4 Å². The highest BCUT2D eigenvalue weighted by atomic mass is 19.4. The van der Waals surface area contributed by atoms with E-state index in [0.717, 1.165) is 6.07 Å². The molecule has 0 aliphatic heterocycles. The summed E-state index contributed by atoms with van der Waals surface area (Å²) in [5.41, 5.74) is -1.46. The zero-order valence-corrected chi connectivity index (χ0v) is 7.64. The highest BCUT2D eigenvalue weighted by molar-refractivity contribution is 5.50. The van der Waals surface area contributed by atoms with Crippen LogP contribution in [-0.2, 0) is 17.4 Å². The molecule has 0 aliphatic rings. The highest BCUT2D eigenvalue weighted by Crippen LogP contribution is 2.34. The average molecular weight is 220 g/mol. The molecule has 0 N–H and O–H groups in total. The third-order valence-electron chi connectivity index (χ3n) is 1.91. The molecular weight excluding hydrogens is 212 g/mol. The van der Waals surface area contributed by atoms with Gasteiger partial charge < -0.3 is 4.79 Å². The third-order valence-corrected chi connectivity index (χ3v) is 1.91. The van der Waals surface area contributed by atoms with E-state index in [-0.39, 0.29) is 18.4 Å². The lowest BCUT2D eigenvalue weighted by Crippen LogP contribution is -2.12. The van der Waals surface area contributed by atoms with Crippen LogP contribution in [0.15, 0.2) is 18.2 Å². The molecule has 1 rings (SSSR count). The van der Waals surface area contributed by atoms with E-state index in [1.807, 2.05) is 0 Å². The van der Waals surface area contributed by atoms with Crippen molar-refractivity contribution in [2.45, 2.75) is 19.0 Å². The number of carbonyl (C=O) groups excluding carboxylic acids is 1. The first-order chi connectivity index (χ1) is 6.96. The number of halogens is 4. The summed E-state index contributed by atoms with van der Waals surface area (Å²) >= 11 is 0. The van der Waals surface area contributed by atoms with Gasteiger partial charge in [0.1, 0.15) is 12.1 Å². The Balaban J connectivity index is 3.14. The first kappa shape index (κ1) is 11.7. The normalized spacial score (nSPS) is 11.5. The number of hydrogen-bond donors (Lipinski definition) is 0. The summed E-state index contributed by atoms with van der Waals surface area (Å²) in [4.78, 5) is 10.0. The Hall–Kier alpha value is -1.39. The topological polar surface area (TPSA) is 17.1 Å². The Labute approximate surface area is 83.7 Å². The maximum Gasteiger partial charge on any atom is 0.419 e. The molecule has 0 aliphatic carbocycles. The van der Waals surface area contributed by atoms with Gasteiger partial charge in [0.05, 0.1) is 5.56 Å². The van der Waals surface area contributed by atoms with E-state index in [0.29, 0.717) is 6.29 Å². The van der Waals surface area contributed by atoms with Crippen molar-refractivity contribution in [3.05, 3.63) is 35.1 Å². The second-order valence-corrected chi connectivity index (χ2v) is 2.98. The van der Waals surface area contributed by atoms with Gasteiger partial charge in [0, 0.05) is 6.42 Å². The maximum absolute atomic E-state index is 13.0. The molecule has 0 radical (unpaired) electrons. The zero-order chi connectivity index (χ0) is 11.5. The predicted octanol–water partition coefficient (Wildman–Crippen LogP) is 2.98. The van der Waals surface area contributed by atoms with Gasteiger partial charge in [-0.3, -0.25) is 0 Å². The summed E-state index contributed by atoms with van der Waals surface area (Å²) in [6, 6.07) is 3.13. The van der Waals surface area contributed by atoms with Crippen molar-refractivity contribution >= 4 is 6.29 Å². The molecule has 15 heavy (non-hydrogen) atoms. The summed E-state index contributed by atoms with van der Waals surface area (Å²) in [7, 11) is 0. The first-order valence-electron chi connectivity index (χ1n) is 4.25. The van der Waals surface area contributed by atoms with Crippen LogP contribution in [-0.4, -0.2) is 6.29 Å². The molecule has 0 fully saturated rings. The molecule has 5 heteroatoms.